The van der Waals surface area contributed by atoms with Gasteiger partial charge in [-0.05, 0) is 50.2 Å². The van der Waals surface area contributed by atoms with Gasteiger partial charge < -0.3 is 19.2 Å². The van der Waals surface area contributed by atoms with Crippen LogP contribution in [0, 0.1) is 13.8 Å². The minimum atomic E-state index is -0.888. The fourth-order valence-electron chi connectivity index (χ4n) is 3.76. The van der Waals surface area contributed by atoms with Gasteiger partial charge in [-0.1, -0.05) is 17.7 Å². The number of ether oxygens (including phenoxy) is 1. The SMILES string of the molecule is COc1ccc(C)cc1/C(O)=C1\C(=O)C(=O)N(Cc2ccccn2)C1c1ccc(C)o1. The van der Waals surface area contributed by atoms with E-state index in [-0.39, 0.29) is 17.9 Å². The molecule has 1 aromatic carbocycles. The van der Waals surface area contributed by atoms with Gasteiger partial charge >= 0.3 is 0 Å². The molecule has 1 N–H and O–H groups in total. The lowest BCUT2D eigenvalue weighted by atomic mass is 9.98. The third-order valence-electron chi connectivity index (χ3n) is 5.24. The van der Waals surface area contributed by atoms with Gasteiger partial charge in [0.05, 0.1) is 30.5 Å². The Morgan fingerprint density at radius 3 is 2.61 bits per heavy atom. The summed E-state index contributed by atoms with van der Waals surface area (Å²) in [6.07, 6.45) is 1.62. The largest absolute Gasteiger partial charge is 0.507 e. The number of hydrogen-bond acceptors (Lipinski definition) is 6. The highest BCUT2D eigenvalue weighted by molar-refractivity contribution is 6.46. The molecule has 0 bridgehead atoms. The summed E-state index contributed by atoms with van der Waals surface area (Å²) in [5, 5.41) is 11.2. The number of likely N-dealkylation sites (tertiary alicyclic amines) is 1. The number of rotatable bonds is 5. The molecule has 158 valence electrons. The van der Waals surface area contributed by atoms with Crippen LogP contribution in [-0.4, -0.2) is 33.8 Å². The molecule has 1 saturated heterocycles. The lowest BCUT2D eigenvalue weighted by molar-refractivity contribution is -0.140. The van der Waals surface area contributed by atoms with Crippen LogP contribution in [0.25, 0.3) is 5.76 Å². The summed E-state index contributed by atoms with van der Waals surface area (Å²) in [4.78, 5) is 31.7. The maximum Gasteiger partial charge on any atom is 0.296 e. The zero-order valence-electron chi connectivity index (χ0n) is 17.5. The predicted octanol–water partition coefficient (Wildman–Crippen LogP) is 3.92. The van der Waals surface area contributed by atoms with Gasteiger partial charge in [-0.15, -0.1) is 0 Å². The topological polar surface area (TPSA) is 92.9 Å². The number of benzene rings is 1. The molecule has 1 unspecified atom stereocenters. The van der Waals surface area contributed by atoms with Gasteiger partial charge in [0, 0.05) is 6.20 Å². The number of hydrogen-bond donors (Lipinski definition) is 1. The monoisotopic (exact) mass is 418 g/mol. The number of aromatic nitrogens is 1. The van der Waals surface area contributed by atoms with Gasteiger partial charge in [0.1, 0.15) is 29.1 Å². The van der Waals surface area contributed by atoms with Crippen molar-refractivity contribution >= 4 is 17.4 Å². The van der Waals surface area contributed by atoms with Gasteiger partial charge in [-0.2, -0.15) is 0 Å². The number of pyridine rings is 1. The van der Waals surface area contributed by atoms with Gasteiger partial charge in [-0.3, -0.25) is 14.6 Å². The Bertz CT molecular complexity index is 1180. The number of aliphatic hydroxyl groups is 1. The average molecular weight is 418 g/mol. The molecule has 7 nitrogen and oxygen atoms in total. The first kappa shape index (κ1) is 20.4. The van der Waals surface area contributed by atoms with Crippen LogP contribution in [0.2, 0.25) is 0 Å². The number of aliphatic hydroxyl groups excluding tert-OH is 1. The average Bonchev–Trinajstić information content (AvgIpc) is 3.30. The van der Waals surface area contributed by atoms with Crippen LogP contribution in [0.1, 0.15) is 34.4 Å². The summed E-state index contributed by atoms with van der Waals surface area (Å²) in [6, 6.07) is 13.2. The summed E-state index contributed by atoms with van der Waals surface area (Å²) >= 11 is 0. The number of aryl methyl sites for hydroxylation is 2. The van der Waals surface area contributed by atoms with E-state index in [0.29, 0.717) is 28.5 Å². The number of nitrogens with zero attached hydrogens (tertiary/aromatic N) is 2. The molecule has 0 spiro atoms. The Morgan fingerprint density at radius 2 is 1.97 bits per heavy atom. The molecular weight excluding hydrogens is 396 g/mol. The highest BCUT2D eigenvalue weighted by Gasteiger charge is 2.48. The molecule has 0 radical (unpaired) electrons. The van der Waals surface area contributed by atoms with Crippen molar-refractivity contribution in [3.05, 3.63) is 88.6 Å². The summed E-state index contributed by atoms with van der Waals surface area (Å²) in [5.41, 5.74) is 1.78. The molecule has 3 aromatic rings. The van der Waals surface area contributed by atoms with E-state index in [2.05, 4.69) is 4.98 Å². The van der Waals surface area contributed by atoms with E-state index in [0.717, 1.165) is 5.56 Å². The van der Waals surface area contributed by atoms with E-state index in [4.69, 9.17) is 9.15 Å². The molecule has 1 amide bonds. The number of furan rings is 1. The molecule has 1 aliphatic rings. The standard InChI is InChI=1S/C24H22N2O5/c1-14-7-9-18(30-3)17(12-14)22(27)20-21(19-10-8-15(2)31-19)26(24(29)23(20)28)13-16-6-4-5-11-25-16/h4-12,21,27H,13H2,1-3H3/b22-20+. The van der Waals surface area contributed by atoms with Crippen molar-refractivity contribution in [1.29, 1.82) is 0 Å². The fourth-order valence-corrected chi connectivity index (χ4v) is 3.76. The minimum Gasteiger partial charge on any atom is -0.507 e. The Hall–Kier alpha value is -3.87. The van der Waals surface area contributed by atoms with E-state index in [1.807, 2.05) is 19.1 Å². The predicted molar refractivity (Wildman–Crippen MR) is 113 cm³/mol. The van der Waals surface area contributed by atoms with Crippen molar-refractivity contribution in [3.8, 4) is 5.75 Å². The van der Waals surface area contributed by atoms with Crippen LogP contribution in [0.15, 0.2) is 64.7 Å². The first-order valence-electron chi connectivity index (χ1n) is 9.80. The van der Waals surface area contributed by atoms with Crippen molar-refractivity contribution < 1.29 is 23.8 Å². The third-order valence-corrected chi connectivity index (χ3v) is 5.24. The molecule has 4 rings (SSSR count). The molecule has 1 aliphatic heterocycles. The maximum absolute atomic E-state index is 13.1. The van der Waals surface area contributed by atoms with E-state index in [9.17, 15) is 14.7 Å². The van der Waals surface area contributed by atoms with Crippen LogP contribution in [0.5, 0.6) is 5.75 Å². The van der Waals surface area contributed by atoms with Crippen molar-refractivity contribution in [2.75, 3.05) is 7.11 Å². The van der Waals surface area contributed by atoms with Crippen LogP contribution in [-0.2, 0) is 16.1 Å². The molecule has 2 aromatic heterocycles. The molecule has 0 saturated carbocycles. The number of methoxy groups -OCH3 is 1. The zero-order valence-corrected chi connectivity index (χ0v) is 17.5. The summed E-state index contributed by atoms with van der Waals surface area (Å²) in [6.45, 7) is 3.73. The molecule has 0 aliphatic carbocycles. The number of Topliss-reactive ketones (excluding diaryl/α,β-unsaturated/α-hetero) is 1. The minimum absolute atomic E-state index is 0.0424. The van der Waals surface area contributed by atoms with Crippen molar-refractivity contribution in [3.63, 3.8) is 0 Å². The summed E-state index contributed by atoms with van der Waals surface area (Å²) in [7, 11) is 1.48. The molecule has 1 atom stereocenters. The number of carbonyl (C=O) groups is 2. The Labute approximate surface area is 179 Å². The zero-order chi connectivity index (χ0) is 22.1. The van der Waals surface area contributed by atoms with E-state index < -0.39 is 17.7 Å². The molecule has 31 heavy (non-hydrogen) atoms. The van der Waals surface area contributed by atoms with E-state index in [1.54, 1.807) is 49.5 Å². The normalized spacial score (nSPS) is 17.9. The molecule has 1 fully saturated rings. The highest BCUT2D eigenvalue weighted by Crippen LogP contribution is 2.42. The second kappa shape index (κ2) is 8.10. The van der Waals surface area contributed by atoms with Gasteiger partial charge in [0.25, 0.3) is 11.7 Å². The Morgan fingerprint density at radius 1 is 1.16 bits per heavy atom. The second-order valence-corrected chi connectivity index (χ2v) is 7.40. The van der Waals surface area contributed by atoms with Gasteiger partial charge in [0.15, 0.2) is 0 Å². The third kappa shape index (κ3) is 3.70. The maximum atomic E-state index is 13.1. The first-order chi connectivity index (χ1) is 14.9. The number of carbonyl (C=O) groups excluding carboxylic acids is 2. The molecular formula is C24H22N2O5. The highest BCUT2D eigenvalue weighted by atomic mass is 16.5. The number of ketones is 1. The summed E-state index contributed by atoms with van der Waals surface area (Å²) < 4.78 is 11.2. The first-order valence-corrected chi connectivity index (χ1v) is 9.80. The van der Waals surface area contributed by atoms with Crippen molar-refractivity contribution in [2.24, 2.45) is 0 Å². The van der Waals surface area contributed by atoms with Gasteiger partial charge in [-0.25, -0.2) is 0 Å². The van der Waals surface area contributed by atoms with Crippen LogP contribution in [0.4, 0.5) is 0 Å². The van der Waals surface area contributed by atoms with Crippen molar-refractivity contribution in [1.82, 2.24) is 9.88 Å². The lowest BCUT2D eigenvalue weighted by Crippen LogP contribution is -2.29. The lowest BCUT2D eigenvalue weighted by Gasteiger charge is -2.23. The molecule has 7 heteroatoms. The van der Waals surface area contributed by atoms with Crippen LogP contribution in [0.3, 0.4) is 0 Å². The van der Waals surface area contributed by atoms with Crippen molar-refractivity contribution in [2.45, 2.75) is 26.4 Å². The van der Waals surface area contributed by atoms with E-state index in [1.165, 1.54) is 12.0 Å². The Kier molecular flexibility index (Phi) is 5.33. The van der Waals surface area contributed by atoms with Crippen LogP contribution >= 0.6 is 0 Å². The Balaban J connectivity index is 1.89. The number of amides is 1. The second-order valence-electron chi connectivity index (χ2n) is 7.40. The van der Waals surface area contributed by atoms with E-state index >= 15 is 0 Å². The fraction of sp³-hybridized carbons (Fsp3) is 0.208. The quantitative estimate of drug-likeness (QED) is 0.384. The summed E-state index contributed by atoms with van der Waals surface area (Å²) in [5.74, 6) is -0.392. The molecule has 3 heterocycles. The van der Waals surface area contributed by atoms with Gasteiger partial charge in [0.2, 0.25) is 0 Å². The smallest absolute Gasteiger partial charge is 0.296 e. The van der Waals surface area contributed by atoms with Crippen LogP contribution < -0.4 is 4.74 Å².